The zero-order valence-corrected chi connectivity index (χ0v) is 13.4. The average Bonchev–Trinajstić information content (AvgIpc) is 3.19. The monoisotopic (exact) mass is 309 g/mol. The van der Waals surface area contributed by atoms with Crippen molar-refractivity contribution in [1.29, 1.82) is 0 Å². The fourth-order valence-electron chi connectivity index (χ4n) is 3.71. The summed E-state index contributed by atoms with van der Waals surface area (Å²) in [4.78, 5) is 16.9. The normalized spacial score (nSPS) is 32.3. The van der Waals surface area contributed by atoms with E-state index in [2.05, 4.69) is 10.3 Å². The number of carbonyl (C=O) groups is 1. The second kappa shape index (κ2) is 6.02. The lowest BCUT2D eigenvalue weighted by molar-refractivity contribution is -0.127. The molecular weight excluding hydrogens is 286 g/mol. The van der Waals surface area contributed by atoms with Crippen molar-refractivity contribution in [3.63, 3.8) is 0 Å². The molecule has 116 valence electrons. The van der Waals surface area contributed by atoms with Crippen LogP contribution in [-0.2, 0) is 16.1 Å². The van der Waals surface area contributed by atoms with E-state index in [0.717, 1.165) is 23.5 Å². The van der Waals surface area contributed by atoms with Crippen molar-refractivity contribution in [3.8, 4) is 0 Å². The molecule has 0 spiro atoms. The van der Waals surface area contributed by atoms with Crippen molar-refractivity contribution >= 4 is 17.2 Å². The highest BCUT2D eigenvalue weighted by atomic mass is 32.1. The first-order valence-corrected chi connectivity index (χ1v) is 8.48. The van der Waals surface area contributed by atoms with E-state index in [4.69, 9.17) is 10.5 Å². The highest BCUT2D eigenvalue weighted by Crippen LogP contribution is 2.47. The molecule has 0 aliphatic heterocycles. The molecule has 3 rings (SSSR count). The maximum atomic E-state index is 12.4. The Labute approximate surface area is 129 Å². The lowest BCUT2D eigenvalue weighted by Crippen LogP contribution is -2.45. The number of nitrogens with zero attached hydrogens (tertiary/aromatic N) is 1. The number of hydrogen-bond acceptors (Lipinski definition) is 5. The van der Waals surface area contributed by atoms with Gasteiger partial charge in [-0.25, -0.2) is 4.98 Å². The van der Waals surface area contributed by atoms with Gasteiger partial charge < -0.3 is 15.8 Å². The first-order chi connectivity index (χ1) is 10.1. The third kappa shape index (κ3) is 2.84. The molecule has 5 unspecified atom stereocenters. The van der Waals surface area contributed by atoms with Gasteiger partial charge in [-0.15, -0.1) is 11.3 Å². The molecule has 21 heavy (non-hydrogen) atoms. The fourth-order valence-corrected chi connectivity index (χ4v) is 4.56. The predicted octanol–water partition coefficient (Wildman–Crippen LogP) is 1.84. The van der Waals surface area contributed by atoms with Gasteiger partial charge >= 0.3 is 0 Å². The first kappa shape index (κ1) is 14.9. The Hall–Kier alpha value is -0.980. The van der Waals surface area contributed by atoms with Crippen LogP contribution in [0.4, 0.5) is 0 Å². The highest BCUT2D eigenvalue weighted by Gasteiger charge is 2.48. The second-order valence-electron chi connectivity index (χ2n) is 6.21. The number of aromatic nitrogens is 1. The van der Waals surface area contributed by atoms with Gasteiger partial charge in [0.1, 0.15) is 11.1 Å². The van der Waals surface area contributed by atoms with E-state index in [-0.39, 0.29) is 24.0 Å². The Bertz CT molecular complexity index is 517. The van der Waals surface area contributed by atoms with E-state index in [1.165, 1.54) is 6.42 Å². The van der Waals surface area contributed by atoms with Crippen LogP contribution in [0.5, 0.6) is 0 Å². The number of nitrogens with one attached hydrogen (secondary N) is 1. The van der Waals surface area contributed by atoms with Gasteiger partial charge in [-0.3, -0.25) is 4.79 Å². The number of ether oxygens (including phenoxy) is 1. The average molecular weight is 309 g/mol. The molecule has 5 nitrogen and oxygen atoms in total. The molecule has 1 aromatic heterocycles. The van der Waals surface area contributed by atoms with E-state index in [9.17, 15) is 4.79 Å². The molecular formula is C15H23N3O2S. The van der Waals surface area contributed by atoms with Gasteiger partial charge in [-0.2, -0.15) is 0 Å². The summed E-state index contributed by atoms with van der Waals surface area (Å²) in [6.45, 7) is 2.45. The summed E-state index contributed by atoms with van der Waals surface area (Å²) in [6, 6.07) is 0.0447. The molecule has 2 bridgehead atoms. The van der Waals surface area contributed by atoms with Crippen molar-refractivity contribution < 1.29 is 9.53 Å². The fraction of sp³-hybridized carbons (Fsp3) is 0.733. The summed E-state index contributed by atoms with van der Waals surface area (Å²) in [5.41, 5.74) is 7.10. The smallest absolute Gasteiger partial charge is 0.225 e. The van der Waals surface area contributed by atoms with Gasteiger partial charge in [0.15, 0.2) is 0 Å². The quantitative estimate of drug-likeness (QED) is 0.870. The zero-order valence-electron chi connectivity index (χ0n) is 12.5. The molecule has 6 heteroatoms. The van der Waals surface area contributed by atoms with Gasteiger partial charge in [-0.1, -0.05) is 0 Å². The molecule has 0 aromatic carbocycles. The van der Waals surface area contributed by atoms with E-state index < -0.39 is 0 Å². The van der Waals surface area contributed by atoms with E-state index >= 15 is 0 Å². The molecule has 2 saturated carbocycles. The number of carbonyl (C=O) groups excluding carboxylic acids is 1. The Morgan fingerprint density at radius 1 is 1.57 bits per heavy atom. The number of hydrogen-bond donors (Lipinski definition) is 2. The molecule has 0 radical (unpaired) electrons. The predicted molar refractivity (Wildman–Crippen MR) is 81.7 cm³/mol. The van der Waals surface area contributed by atoms with Crippen molar-refractivity contribution in [2.45, 2.75) is 44.9 Å². The molecule has 5 atom stereocenters. The van der Waals surface area contributed by atoms with Crippen LogP contribution in [0.15, 0.2) is 5.38 Å². The molecule has 1 amide bonds. The standard InChI is InChI=1S/C15H23N3O2S/c1-8(20-2)15-18-11(7-21-15)6-17-14(19)12-9-3-4-10(5-9)13(12)16/h7-10,12-13H,3-6,16H2,1-2H3,(H,17,19). The number of rotatable bonds is 5. The van der Waals surface area contributed by atoms with Crippen LogP contribution in [0.25, 0.3) is 0 Å². The van der Waals surface area contributed by atoms with Crippen LogP contribution < -0.4 is 11.1 Å². The molecule has 2 aliphatic rings. The van der Waals surface area contributed by atoms with E-state index in [1.807, 2.05) is 12.3 Å². The highest BCUT2D eigenvalue weighted by molar-refractivity contribution is 7.09. The molecule has 1 heterocycles. The summed E-state index contributed by atoms with van der Waals surface area (Å²) >= 11 is 1.57. The van der Waals surface area contributed by atoms with Gasteiger partial charge in [0.2, 0.25) is 5.91 Å². The number of nitrogens with two attached hydrogens (primary N) is 1. The van der Waals surface area contributed by atoms with Gasteiger partial charge in [-0.05, 0) is 38.0 Å². The van der Waals surface area contributed by atoms with Crippen molar-refractivity contribution in [3.05, 3.63) is 16.1 Å². The van der Waals surface area contributed by atoms with Crippen LogP contribution in [0.1, 0.15) is 43.0 Å². The summed E-state index contributed by atoms with van der Waals surface area (Å²) in [6.07, 6.45) is 3.48. The Morgan fingerprint density at radius 2 is 2.33 bits per heavy atom. The second-order valence-corrected chi connectivity index (χ2v) is 7.10. The van der Waals surface area contributed by atoms with Crippen LogP contribution in [-0.4, -0.2) is 24.0 Å². The maximum Gasteiger partial charge on any atom is 0.225 e. The minimum atomic E-state index is -0.00144. The molecule has 0 saturated heterocycles. The number of fused-ring (bicyclic) bond motifs is 2. The third-order valence-corrected chi connectivity index (χ3v) is 6.05. The third-order valence-electron chi connectivity index (χ3n) is 5.00. The molecule has 2 aliphatic carbocycles. The summed E-state index contributed by atoms with van der Waals surface area (Å²) in [7, 11) is 1.67. The largest absolute Gasteiger partial charge is 0.375 e. The van der Waals surface area contributed by atoms with Gasteiger partial charge in [0, 0.05) is 18.5 Å². The molecule has 1 aromatic rings. The summed E-state index contributed by atoms with van der Waals surface area (Å²) in [5.74, 6) is 1.15. The number of thiazole rings is 1. The lowest BCUT2D eigenvalue weighted by atomic mass is 9.84. The Kier molecular flexibility index (Phi) is 4.28. The molecule has 2 fully saturated rings. The van der Waals surface area contributed by atoms with Gasteiger partial charge in [0.25, 0.3) is 0 Å². The van der Waals surface area contributed by atoms with Crippen LogP contribution in [0.3, 0.4) is 0 Å². The van der Waals surface area contributed by atoms with E-state index in [0.29, 0.717) is 18.4 Å². The number of amides is 1. The molecule has 3 N–H and O–H groups in total. The maximum absolute atomic E-state index is 12.4. The summed E-state index contributed by atoms with van der Waals surface area (Å²) in [5, 5.41) is 5.93. The lowest BCUT2D eigenvalue weighted by Gasteiger charge is -2.26. The van der Waals surface area contributed by atoms with Crippen LogP contribution >= 0.6 is 11.3 Å². The van der Waals surface area contributed by atoms with Crippen molar-refractivity contribution in [1.82, 2.24) is 10.3 Å². The van der Waals surface area contributed by atoms with Crippen LogP contribution in [0.2, 0.25) is 0 Å². The van der Waals surface area contributed by atoms with Crippen LogP contribution in [0, 0.1) is 17.8 Å². The van der Waals surface area contributed by atoms with Crippen molar-refractivity contribution in [2.24, 2.45) is 23.5 Å². The minimum Gasteiger partial charge on any atom is -0.375 e. The van der Waals surface area contributed by atoms with E-state index in [1.54, 1.807) is 18.4 Å². The summed E-state index contributed by atoms with van der Waals surface area (Å²) < 4.78 is 5.25. The Morgan fingerprint density at radius 3 is 3.00 bits per heavy atom. The SMILES string of the molecule is COC(C)c1nc(CNC(=O)C2C3CCC(C3)C2N)cs1. The first-order valence-electron chi connectivity index (χ1n) is 7.60. The Balaban J connectivity index is 1.55. The zero-order chi connectivity index (χ0) is 15.0. The van der Waals surface area contributed by atoms with Crippen molar-refractivity contribution in [2.75, 3.05) is 7.11 Å². The topological polar surface area (TPSA) is 77.2 Å². The minimum absolute atomic E-state index is 0.000227. The number of methoxy groups -OCH3 is 1. The van der Waals surface area contributed by atoms with Gasteiger partial charge in [0.05, 0.1) is 18.2 Å².